The SMILES string of the molecule is C1=c2cc3c(cc2=CC1)N=S=N3. The van der Waals surface area contributed by atoms with Gasteiger partial charge in [-0.2, -0.15) is 8.73 Å². The minimum Gasteiger partial charge on any atom is -0.173 e. The van der Waals surface area contributed by atoms with Crippen LogP contribution in [0.15, 0.2) is 20.9 Å². The molecule has 1 aliphatic heterocycles. The van der Waals surface area contributed by atoms with Crippen molar-refractivity contribution < 1.29 is 0 Å². The maximum Gasteiger partial charge on any atom is 0.105 e. The highest BCUT2D eigenvalue weighted by Crippen LogP contribution is 2.27. The second-order valence-corrected chi connectivity index (χ2v) is 3.41. The first kappa shape index (κ1) is 6.31. The van der Waals surface area contributed by atoms with Gasteiger partial charge >= 0.3 is 0 Å². The molecule has 0 saturated carbocycles. The molecule has 0 bridgehead atoms. The molecule has 1 aliphatic carbocycles. The molecule has 0 amide bonds. The van der Waals surface area contributed by atoms with Crippen molar-refractivity contribution in [2.75, 3.05) is 0 Å². The summed E-state index contributed by atoms with van der Waals surface area (Å²) in [7, 11) is 0. The second kappa shape index (κ2) is 2.14. The van der Waals surface area contributed by atoms with Crippen molar-refractivity contribution in [2.45, 2.75) is 6.42 Å². The first-order valence-corrected chi connectivity index (χ1v) is 4.59. The van der Waals surface area contributed by atoms with Gasteiger partial charge in [0.1, 0.15) is 11.4 Å². The topological polar surface area (TPSA) is 24.7 Å². The molecule has 0 saturated heterocycles. The molecule has 1 heterocycles. The highest BCUT2D eigenvalue weighted by molar-refractivity contribution is 7.58. The van der Waals surface area contributed by atoms with Crippen LogP contribution in [-0.4, -0.2) is 0 Å². The molecule has 1 aromatic carbocycles. The minimum atomic E-state index is 1.02. The van der Waals surface area contributed by atoms with Crippen molar-refractivity contribution >= 4 is 34.9 Å². The largest absolute Gasteiger partial charge is 0.173 e. The zero-order valence-electron chi connectivity index (χ0n) is 6.32. The normalized spacial score (nSPS) is 16.0. The summed E-state index contributed by atoms with van der Waals surface area (Å²) < 4.78 is 8.39. The van der Waals surface area contributed by atoms with E-state index in [9.17, 15) is 0 Å². The fourth-order valence-electron chi connectivity index (χ4n) is 1.53. The first-order chi connectivity index (χ1) is 5.93. The van der Waals surface area contributed by atoms with Crippen LogP contribution in [0.25, 0.3) is 12.2 Å². The lowest BCUT2D eigenvalue weighted by atomic mass is 10.2. The number of hydrogen-bond donors (Lipinski definition) is 0. The smallest absolute Gasteiger partial charge is 0.105 e. The second-order valence-electron chi connectivity index (χ2n) is 2.88. The van der Waals surface area contributed by atoms with Crippen LogP contribution in [0.4, 0.5) is 11.4 Å². The zero-order chi connectivity index (χ0) is 7.97. The molecule has 12 heavy (non-hydrogen) atoms. The molecular formula is C9H6N2S. The number of fused-ring (bicyclic) bond motifs is 2. The maximum atomic E-state index is 4.19. The van der Waals surface area contributed by atoms with Crippen molar-refractivity contribution in [2.24, 2.45) is 8.73 Å². The third-order valence-corrected chi connectivity index (χ3v) is 2.69. The van der Waals surface area contributed by atoms with E-state index < -0.39 is 0 Å². The lowest BCUT2D eigenvalue weighted by Crippen LogP contribution is -2.19. The monoisotopic (exact) mass is 174 g/mol. The van der Waals surface area contributed by atoms with Gasteiger partial charge in [-0.05, 0) is 29.0 Å². The van der Waals surface area contributed by atoms with Crippen LogP contribution >= 0.6 is 0 Å². The van der Waals surface area contributed by atoms with E-state index in [0.29, 0.717) is 0 Å². The Balaban J connectivity index is 2.50. The highest BCUT2D eigenvalue weighted by Gasteiger charge is 2.05. The molecule has 0 fully saturated rings. The van der Waals surface area contributed by atoms with Gasteiger partial charge in [-0.1, -0.05) is 12.2 Å². The number of nitrogens with zero attached hydrogens (tertiary/aromatic N) is 2. The van der Waals surface area contributed by atoms with Crippen molar-refractivity contribution in [1.82, 2.24) is 0 Å². The van der Waals surface area contributed by atoms with Crippen molar-refractivity contribution in [3.05, 3.63) is 22.6 Å². The Bertz CT molecular complexity index is 491. The minimum absolute atomic E-state index is 1.02. The third kappa shape index (κ3) is 0.741. The fourth-order valence-corrected chi connectivity index (χ4v) is 2.04. The van der Waals surface area contributed by atoms with Gasteiger partial charge in [0.25, 0.3) is 0 Å². The van der Waals surface area contributed by atoms with Gasteiger partial charge in [-0.3, -0.25) is 0 Å². The molecule has 0 atom stereocenters. The molecule has 0 unspecified atom stereocenters. The van der Waals surface area contributed by atoms with E-state index in [1.165, 1.54) is 21.8 Å². The first-order valence-electron chi connectivity index (χ1n) is 3.86. The zero-order valence-corrected chi connectivity index (χ0v) is 7.14. The molecule has 0 radical (unpaired) electrons. The van der Waals surface area contributed by atoms with Crippen LogP contribution in [0.1, 0.15) is 6.42 Å². The summed E-state index contributed by atoms with van der Waals surface area (Å²) in [6.45, 7) is 0. The van der Waals surface area contributed by atoms with Crippen LogP contribution in [0.5, 0.6) is 0 Å². The van der Waals surface area contributed by atoms with E-state index in [2.05, 4.69) is 33.0 Å². The summed E-state index contributed by atoms with van der Waals surface area (Å²) in [6, 6.07) is 4.22. The van der Waals surface area contributed by atoms with Gasteiger partial charge in [0.05, 0.1) is 11.4 Å². The standard InChI is InChI=1S/C9H6N2S/c1-2-6-4-8-9(11-12-10-8)5-7(6)3-1/h2-5H,1H2. The number of hydrogen-bond acceptors (Lipinski definition) is 2. The van der Waals surface area contributed by atoms with E-state index in [1.807, 2.05) is 0 Å². The lowest BCUT2D eigenvalue weighted by molar-refractivity contribution is 1.47. The average molecular weight is 174 g/mol. The van der Waals surface area contributed by atoms with Crippen molar-refractivity contribution in [1.29, 1.82) is 0 Å². The van der Waals surface area contributed by atoms with Gasteiger partial charge in [-0.25, -0.2) is 0 Å². The highest BCUT2D eigenvalue weighted by atomic mass is 32.1. The van der Waals surface area contributed by atoms with Crippen LogP contribution in [0.2, 0.25) is 0 Å². The van der Waals surface area contributed by atoms with Crippen LogP contribution in [0.3, 0.4) is 0 Å². The van der Waals surface area contributed by atoms with Gasteiger partial charge in [0.2, 0.25) is 0 Å². The quantitative estimate of drug-likeness (QED) is 0.576. The van der Waals surface area contributed by atoms with E-state index in [4.69, 9.17) is 0 Å². The molecule has 0 N–H and O–H groups in total. The molecule has 2 nitrogen and oxygen atoms in total. The predicted octanol–water partition coefficient (Wildman–Crippen LogP) is 1.38. The van der Waals surface area contributed by atoms with Crippen molar-refractivity contribution in [3.8, 4) is 0 Å². The summed E-state index contributed by atoms with van der Waals surface area (Å²) in [5, 5.41) is 2.60. The number of benzene rings is 1. The Morgan fingerprint density at radius 2 is 1.58 bits per heavy atom. The molecular weight excluding hydrogens is 168 g/mol. The Kier molecular flexibility index (Phi) is 1.12. The molecule has 58 valence electrons. The van der Waals surface area contributed by atoms with Crippen LogP contribution in [-0.2, 0) is 11.4 Å². The fraction of sp³-hybridized carbons (Fsp3) is 0.111. The summed E-state index contributed by atoms with van der Waals surface area (Å²) in [5.74, 6) is 0. The molecule has 3 rings (SSSR count). The van der Waals surface area contributed by atoms with E-state index in [-0.39, 0.29) is 0 Å². The molecule has 2 aliphatic rings. The van der Waals surface area contributed by atoms with Gasteiger partial charge in [-0.15, -0.1) is 0 Å². The molecule has 0 spiro atoms. The number of rotatable bonds is 0. The Labute approximate surface area is 73.1 Å². The van der Waals surface area contributed by atoms with E-state index >= 15 is 0 Å². The Hall–Kier alpha value is -1.22. The average Bonchev–Trinajstić information content (AvgIpc) is 2.64. The Morgan fingerprint density at radius 3 is 2.17 bits per heavy atom. The molecule has 1 aromatic rings. The summed E-state index contributed by atoms with van der Waals surface area (Å²) >= 11 is 1.28. The van der Waals surface area contributed by atoms with E-state index in [0.717, 1.165) is 17.8 Å². The Morgan fingerprint density at radius 1 is 1.00 bits per heavy atom. The summed E-state index contributed by atoms with van der Waals surface area (Å²) in [5.41, 5.74) is 2.04. The van der Waals surface area contributed by atoms with E-state index in [1.54, 1.807) is 0 Å². The predicted molar refractivity (Wildman–Crippen MR) is 50.8 cm³/mol. The summed E-state index contributed by atoms with van der Waals surface area (Å²) in [4.78, 5) is 0. The van der Waals surface area contributed by atoms with Crippen LogP contribution < -0.4 is 10.4 Å². The maximum absolute atomic E-state index is 4.19. The van der Waals surface area contributed by atoms with Gasteiger partial charge in [0, 0.05) is 0 Å². The van der Waals surface area contributed by atoms with Crippen molar-refractivity contribution in [3.63, 3.8) is 0 Å². The third-order valence-electron chi connectivity index (χ3n) is 2.13. The van der Waals surface area contributed by atoms with Gasteiger partial charge in [0.15, 0.2) is 0 Å². The lowest BCUT2D eigenvalue weighted by Gasteiger charge is -1.91. The molecule has 3 heteroatoms. The van der Waals surface area contributed by atoms with Gasteiger partial charge < -0.3 is 0 Å². The molecule has 0 aromatic heterocycles. The summed E-state index contributed by atoms with van der Waals surface area (Å²) in [6.07, 6.45) is 5.48. The van der Waals surface area contributed by atoms with Crippen LogP contribution in [0, 0.1) is 0 Å².